The maximum atomic E-state index is 13.7. The molecule has 14 nitrogen and oxygen atoms in total. The number of thioether (sulfide) groups is 1. The van der Waals surface area contributed by atoms with Crippen LogP contribution in [0, 0.1) is 5.92 Å². The number of aromatic amines is 1. The molecule has 2 aromatic rings. The van der Waals surface area contributed by atoms with Gasteiger partial charge in [0, 0.05) is 23.5 Å². The van der Waals surface area contributed by atoms with Crippen molar-refractivity contribution in [3.8, 4) is 0 Å². The molecule has 0 spiro atoms. The summed E-state index contributed by atoms with van der Waals surface area (Å²) in [6.45, 7) is 8.96. The van der Waals surface area contributed by atoms with E-state index in [1.807, 2.05) is 38.1 Å². The molecule has 15 heteroatoms. The standard InChI is InChI=1S/C32H48N6O8S/c1-18(2)11-12-21(33)27(41)38-30(44)25(16-26(39)40)36-28(42)23(13-14-47-6)35-29(43)24(37-31(45)46-32(3,4)5)15-19-17-34-22-10-8-7-9-20(19)22/h7-10,17-18,21,23-25,34H,11-16,33H2,1-6H3,(H,35,43)(H,36,42)(H,37,45)(H,39,40)(H,38,41,44)/t21?,23-,24-,25-/m0/s1. The van der Waals surface area contributed by atoms with Gasteiger partial charge in [-0.05, 0) is 69.6 Å². The predicted octanol–water partition coefficient (Wildman–Crippen LogP) is 2.21. The number of carboxylic acids is 1. The number of nitrogens with two attached hydrogens (primary N) is 1. The smallest absolute Gasteiger partial charge is 0.408 e. The van der Waals surface area contributed by atoms with Gasteiger partial charge in [0.05, 0.1) is 12.5 Å². The second-order valence-corrected chi connectivity index (χ2v) is 13.7. The van der Waals surface area contributed by atoms with Gasteiger partial charge >= 0.3 is 12.1 Å². The molecule has 0 aliphatic carbocycles. The lowest BCUT2D eigenvalue weighted by Crippen LogP contribution is -2.58. The van der Waals surface area contributed by atoms with Crippen molar-refractivity contribution in [3.05, 3.63) is 36.0 Å². The minimum absolute atomic E-state index is 0.0508. The van der Waals surface area contributed by atoms with Crippen molar-refractivity contribution in [2.24, 2.45) is 11.7 Å². The molecule has 0 radical (unpaired) electrons. The summed E-state index contributed by atoms with van der Waals surface area (Å²) in [5.74, 6) is -4.07. The number of amides is 5. The maximum Gasteiger partial charge on any atom is 0.408 e. The van der Waals surface area contributed by atoms with E-state index in [2.05, 4.69) is 26.3 Å². The van der Waals surface area contributed by atoms with Crippen LogP contribution in [-0.2, 0) is 35.1 Å². The summed E-state index contributed by atoms with van der Waals surface area (Å²) in [5.41, 5.74) is 6.61. The number of hydrogen-bond donors (Lipinski definition) is 7. The summed E-state index contributed by atoms with van der Waals surface area (Å²) in [5, 5.41) is 20.0. The van der Waals surface area contributed by atoms with Crippen LogP contribution >= 0.6 is 11.8 Å². The number of nitrogens with one attached hydrogen (secondary N) is 5. The number of carboxylic acid groups (broad SMARTS) is 1. The molecule has 2 rings (SSSR count). The van der Waals surface area contributed by atoms with E-state index in [4.69, 9.17) is 10.5 Å². The fraction of sp³-hybridized carbons (Fsp3) is 0.562. The molecule has 1 aromatic carbocycles. The molecular weight excluding hydrogens is 628 g/mol. The number of H-pyrrole nitrogens is 1. The Kier molecular flexibility index (Phi) is 15.2. The number of hydrogen-bond acceptors (Lipinski definition) is 9. The Balaban J connectivity index is 2.27. The zero-order valence-electron chi connectivity index (χ0n) is 27.8. The fourth-order valence-corrected chi connectivity index (χ4v) is 5.03. The van der Waals surface area contributed by atoms with Gasteiger partial charge in [-0.3, -0.25) is 29.3 Å². The van der Waals surface area contributed by atoms with Crippen LogP contribution < -0.4 is 27.0 Å². The van der Waals surface area contributed by atoms with Crippen LogP contribution in [0.15, 0.2) is 30.5 Å². The van der Waals surface area contributed by atoms with E-state index in [-0.39, 0.29) is 18.8 Å². The molecule has 0 saturated heterocycles. The van der Waals surface area contributed by atoms with Crippen LogP contribution in [0.2, 0.25) is 0 Å². The maximum absolute atomic E-state index is 13.7. The van der Waals surface area contributed by atoms with Gasteiger partial charge in [-0.1, -0.05) is 32.0 Å². The van der Waals surface area contributed by atoms with Gasteiger partial charge in [0.2, 0.25) is 23.6 Å². The van der Waals surface area contributed by atoms with Crippen molar-refractivity contribution >= 4 is 58.4 Å². The first-order chi connectivity index (χ1) is 22.0. The van der Waals surface area contributed by atoms with Gasteiger partial charge in [0.15, 0.2) is 0 Å². The lowest BCUT2D eigenvalue weighted by molar-refractivity contribution is -0.142. The molecule has 1 heterocycles. The topological polar surface area (TPSA) is 222 Å². The van der Waals surface area contributed by atoms with Gasteiger partial charge in [-0.15, -0.1) is 0 Å². The normalized spacial score (nSPS) is 14.0. The van der Waals surface area contributed by atoms with E-state index in [9.17, 15) is 33.9 Å². The van der Waals surface area contributed by atoms with Crippen LogP contribution in [-0.4, -0.2) is 87.6 Å². The van der Waals surface area contributed by atoms with Crippen molar-refractivity contribution in [2.75, 3.05) is 12.0 Å². The summed E-state index contributed by atoms with van der Waals surface area (Å²) >= 11 is 1.40. The number of carbonyl (C=O) groups is 6. The van der Waals surface area contributed by atoms with Crippen LogP contribution in [0.25, 0.3) is 10.9 Å². The third-order valence-electron chi connectivity index (χ3n) is 7.00. The van der Waals surface area contributed by atoms with Crippen LogP contribution in [0.1, 0.15) is 65.9 Å². The molecule has 0 bridgehead atoms. The highest BCUT2D eigenvalue weighted by Crippen LogP contribution is 2.20. The summed E-state index contributed by atoms with van der Waals surface area (Å²) in [4.78, 5) is 80.1. The summed E-state index contributed by atoms with van der Waals surface area (Å²) in [6, 6.07) is 2.43. The number of aromatic nitrogens is 1. The van der Waals surface area contributed by atoms with E-state index in [1.54, 1.807) is 33.2 Å². The largest absolute Gasteiger partial charge is 0.481 e. The second-order valence-electron chi connectivity index (χ2n) is 12.7. The first-order valence-corrected chi connectivity index (χ1v) is 16.9. The van der Waals surface area contributed by atoms with E-state index in [1.165, 1.54) is 11.8 Å². The molecule has 4 atom stereocenters. The molecule has 8 N–H and O–H groups in total. The molecule has 47 heavy (non-hydrogen) atoms. The lowest BCUT2D eigenvalue weighted by atomic mass is 10.0. The van der Waals surface area contributed by atoms with Crippen molar-refractivity contribution in [1.29, 1.82) is 0 Å². The number of imide groups is 1. The lowest BCUT2D eigenvalue weighted by Gasteiger charge is -2.26. The molecule has 1 aromatic heterocycles. The highest BCUT2D eigenvalue weighted by molar-refractivity contribution is 7.98. The molecule has 0 saturated carbocycles. The highest BCUT2D eigenvalue weighted by Gasteiger charge is 2.32. The van der Waals surface area contributed by atoms with Crippen molar-refractivity contribution in [1.82, 2.24) is 26.3 Å². The monoisotopic (exact) mass is 676 g/mol. The van der Waals surface area contributed by atoms with Crippen LogP contribution in [0.3, 0.4) is 0 Å². The number of aliphatic carboxylic acids is 1. The van der Waals surface area contributed by atoms with Crippen LogP contribution in [0.5, 0.6) is 0 Å². The SMILES string of the molecule is CSCC[C@H](NC(=O)[C@H](Cc1c[nH]c2ccccc12)NC(=O)OC(C)(C)C)C(=O)N[C@@H](CC(=O)O)C(=O)NC(=O)C(N)CCC(C)C. The number of ether oxygens (including phenoxy) is 1. The Bertz CT molecular complexity index is 1410. The molecule has 1 unspecified atom stereocenters. The van der Waals surface area contributed by atoms with Crippen molar-refractivity contribution < 1.29 is 38.6 Å². The van der Waals surface area contributed by atoms with Gasteiger partial charge < -0.3 is 36.5 Å². The Labute approximate surface area is 279 Å². The van der Waals surface area contributed by atoms with Crippen molar-refractivity contribution in [2.45, 2.75) is 96.5 Å². The van der Waals surface area contributed by atoms with Gasteiger partial charge in [0.1, 0.15) is 23.7 Å². The summed E-state index contributed by atoms with van der Waals surface area (Å²) < 4.78 is 5.38. The number of fused-ring (bicyclic) bond motifs is 1. The van der Waals surface area contributed by atoms with E-state index in [0.29, 0.717) is 18.6 Å². The fourth-order valence-electron chi connectivity index (χ4n) is 4.56. The zero-order chi connectivity index (χ0) is 35.3. The number of benzene rings is 1. The highest BCUT2D eigenvalue weighted by atomic mass is 32.2. The van der Waals surface area contributed by atoms with E-state index >= 15 is 0 Å². The third-order valence-corrected chi connectivity index (χ3v) is 7.64. The first-order valence-electron chi connectivity index (χ1n) is 15.5. The summed E-state index contributed by atoms with van der Waals surface area (Å²) in [7, 11) is 0. The van der Waals surface area contributed by atoms with Gasteiger partial charge in [-0.2, -0.15) is 11.8 Å². The predicted molar refractivity (Wildman–Crippen MR) is 179 cm³/mol. The Morgan fingerprint density at radius 1 is 0.894 bits per heavy atom. The van der Waals surface area contributed by atoms with E-state index < -0.39 is 71.9 Å². The molecular formula is C32H48N6O8S. The Hall–Kier alpha value is -4.11. The molecule has 0 aliphatic heterocycles. The molecule has 260 valence electrons. The number of alkyl carbamates (subject to hydrolysis) is 1. The van der Waals surface area contributed by atoms with Crippen molar-refractivity contribution in [3.63, 3.8) is 0 Å². The van der Waals surface area contributed by atoms with Crippen LogP contribution in [0.4, 0.5) is 4.79 Å². The first kappa shape index (κ1) is 39.1. The van der Waals surface area contributed by atoms with Gasteiger partial charge in [-0.25, -0.2) is 4.79 Å². The third kappa shape index (κ3) is 13.6. The number of para-hydroxylation sites is 1. The molecule has 5 amide bonds. The molecule has 0 aliphatic rings. The second kappa shape index (κ2) is 18.3. The minimum Gasteiger partial charge on any atom is -0.481 e. The quantitative estimate of drug-likeness (QED) is 0.129. The van der Waals surface area contributed by atoms with Gasteiger partial charge in [0.25, 0.3) is 0 Å². The Morgan fingerprint density at radius 3 is 2.15 bits per heavy atom. The summed E-state index contributed by atoms with van der Waals surface area (Å²) in [6.07, 6.45) is 2.99. The average Bonchev–Trinajstić information content (AvgIpc) is 3.38. The average molecular weight is 677 g/mol. The van der Waals surface area contributed by atoms with E-state index in [0.717, 1.165) is 16.5 Å². The Morgan fingerprint density at radius 2 is 1.53 bits per heavy atom. The minimum atomic E-state index is -1.63. The number of rotatable bonds is 17. The number of carbonyl (C=O) groups excluding carboxylic acids is 5. The molecule has 0 fully saturated rings. The zero-order valence-corrected chi connectivity index (χ0v) is 28.6.